The van der Waals surface area contributed by atoms with E-state index in [1.54, 1.807) is 24.6 Å². The molecule has 2 saturated carbocycles. The van der Waals surface area contributed by atoms with Gasteiger partial charge in [0, 0.05) is 39.8 Å². The van der Waals surface area contributed by atoms with Crippen LogP contribution in [0.4, 0.5) is 20.2 Å². The number of halogens is 3. The van der Waals surface area contributed by atoms with Crippen molar-refractivity contribution < 1.29 is 18.8 Å². The average Bonchev–Trinajstić information content (AvgIpc) is 3.84. The van der Waals surface area contributed by atoms with E-state index in [4.69, 9.17) is 10.0 Å². The van der Waals surface area contributed by atoms with Crippen LogP contribution in [0.3, 0.4) is 0 Å². The van der Waals surface area contributed by atoms with E-state index in [2.05, 4.69) is 63.0 Å². The van der Waals surface area contributed by atoms with E-state index < -0.39 is 7.12 Å². The van der Waals surface area contributed by atoms with E-state index in [0.717, 1.165) is 24.2 Å². The molecule has 0 unspecified atom stereocenters. The van der Waals surface area contributed by atoms with Crippen LogP contribution >= 0.6 is 15.9 Å². The second-order valence-corrected chi connectivity index (χ2v) is 14.4. The zero-order chi connectivity index (χ0) is 32.5. The summed E-state index contributed by atoms with van der Waals surface area (Å²) in [7, 11) is -1.52. The molecule has 4 nitrogen and oxygen atoms in total. The lowest BCUT2D eigenvalue weighted by atomic mass is 9.77. The van der Waals surface area contributed by atoms with Gasteiger partial charge in [-0.1, -0.05) is 59.8 Å². The van der Waals surface area contributed by atoms with Crippen LogP contribution in [-0.2, 0) is 10.8 Å². The number of anilines is 2. The van der Waals surface area contributed by atoms with E-state index in [-0.39, 0.29) is 11.6 Å². The van der Waals surface area contributed by atoms with Crippen molar-refractivity contribution in [3.05, 3.63) is 111 Å². The third-order valence-corrected chi connectivity index (χ3v) is 11.0. The Kier molecular flexibility index (Phi) is 9.61. The lowest BCUT2D eigenvalue weighted by molar-refractivity contribution is 0.425. The minimum Gasteiger partial charge on any atom is -0.423 e. The van der Waals surface area contributed by atoms with Crippen LogP contribution in [0.15, 0.2) is 77.3 Å². The Hall–Kier alpha value is -3.20. The Morgan fingerprint density at radius 3 is 1.72 bits per heavy atom. The van der Waals surface area contributed by atoms with Gasteiger partial charge in [0.15, 0.2) is 0 Å². The molecule has 2 fully saturated rings. The number of hydrogen-bond acceptors (Lipinski definition) is 4. The van der Waals surface area contributed by atoms with Crippen molar-refractivity contribution in [2.75, 3.05) is 23.7 Å². The first-order chi connectivity index (χ1) is 22.1. The fourth-order valence-electron chi connectivity index (χ4n) is 8.01. The molecule has 2 aliphatic heterocycles. The summed E-state index contributed by atoms with van der Waals surface area (Å²) in [4.78, 5) is 0. The highest BCUT2D eigenvalue weighted by Gasteiger charge is 2.42. The van der Waals surface area contributed by atoms with Crippen molar-refractivity contribution in [3.8, 4) is 11.1 Å². The maximum Gasteiger partial charge on any atom is 0.488 e. The predicted octanol–water partition coefficient (Wildman–Crippen LogP) is 8.54. The summed E-state index contributed by atoms with van der Waals surface area (Å²) in [5.41, 5.74) is 10.7. The maximum absolute atomic E-state index is 13.3. The molecule has 0 bridgehead atoms. The van der Waals surface area contributed by atoms with E-state index in [1.165, 1.54) is 96.5 Å². The van der Waals surface area contributed by atoms with Crippen LogP contribution in [0.2, 0.25) is 0 Å². The molecule has 4 N–H and O–H groups in total. The maximum atomic E-state index is 13.3. The Balaban J connectivity index is 0.000000129. The minimum absolute atomic E-state index is 0.161. The summed E-state index contributed by atoms with van der Waals surface area (Å²) in [5, 5.41) is 24.6. The summed E-state index contributed by atoms with van der Waals surface area (Å²) >= 11 is 3.57. The monoisotopic (exact) mass is 686 g/mol. The summed E-state index contributed by atoms with van der Waals surface area (Å²) in [6.07, 6.45) is 10.8. The predicted molar refractivity (Wildman–Crippen MR) is 189 cm³/mol. The van der Waals surface area contributed by atoms with Gasteiger partial charge in [0.05, 0.1) is 0 Å². The molecule has 240 valence electrons. The summed E-state index contributed by atoms with van der Waals surface area (Å²) in [6, 6.07) is 22.2. The minimum atomic E-state index is -1.52. The van der Waals surface area contributed by atoms with E-state index in [1.807, 2.05) is 13.0 Å². The number of nitrogens with one attached hydrogen (secondary N) is 2. The Morgan fingerprint density at radius 2 is 1.17 bits per heavy atom. The molecule has 4 aromatic carbocycles. The molecule has 8 rings (SSSR count). The topological polar surface area (TPSA) is 64.5 Å². The molecule has 8 heteroatoms. The molecule has 46 heavy (non-hydrogen) atoms. The third-order valence-electron chi connectivity index (χ3n) is 10.5. The van der Waals surface area contributed by atoms with Crippen LogP contribution < -0.4 is 16.1 Å². The fourth-order valence-corrected chi connectivity index (χ4v) is 8.37. The van der Waals surface area contributed by atoms with E-state index >= 15 is 0 Å². The van der Waals surface area contributed by atoms with Gasteiger partial charge in [-0.25, -0.2) is 8.78 Å². The van der Waals surface area contributed by atoms with Gasteiger partial charge in [-0.15, -0.1) is 0 Å². The largest absolute Gasteiger partial charge is 0.488 e. The highest BCUT2D eigenvalue weighted by Crippen LogP contribution is 2.50. The summed E-state index contributed by atoms with van der Waals surface area (Å²) in [5.74, 6) is -0.529. The Labute approximate surface area is 279 Å². The normalized spacial score (nSPS) is 17.7. The fraction of sp³-hybridized carbons (Fsp3) is 0.368. The molecule has 0 amide bonds. The molecule has 4 aliphatic rings. The van der Waals surface area contributed by atoms with Crippen LogP contribution in [0.25, 0.3) is 11.1 Å². The van der Waals surface area contributed by atoms with Gasteiger partial charge >= 0.3 is 7.12 Å². The molecular formula is C38H42BBrF2N2O2. The zero-order valence-electron chi connectivity index (χ0n) is 26.6. The second kappa shape index (κ2) is 13.5. The molecular weight excluding hydrogens is 645 g/mol. The highest BCUT2D eigenvalue weighted by atomic mass is 79.9. The van der Waals surface area contributed by atoms with Gasteiger partial charge in [-0.2, -0.15) is 0 Å². The number of hydrogen-bond donors (Lipinski definition) is 4. The van der Waals surface area contributed by atoms with Crippen molar-refractivity contribution in [3.63, 3.8) is 0 Å². The third kappa shape index (κ3) is 6.62. The lowest BCUT2D eigenvalue weighted by Crippen LogP contribution is -2.31. The van der Waals surface area contributed by atoms with Crippen molar-refractivity contribution in [1.29, 1.82) is 0 Å². The van der Waals surface area contributed by atoms with Crippen molar-refractivity contribution in [2.45, 2.75) is 76.0 Å². The number of fused-ring (bicyclic) bond motifs is 4. The van der Waals surface area contributed by atoms with Gasteiger partial charge < -0.3 is 20.7 Å². The number of benzene rings is 4. The highest BCUT2D eigenvalue weighted by molar-refractivity contribution is 9.10. The van der Waals surface area contributed by atoms with Crippen LogP contribution in [-0.4, -0.2) is 30.3 Å². The Morgan fingerprint density at radius 1 is 0.652 bits per heavy atom. The van der Waals surface area contributed by atoms with Crippen molar-refractivity contribution in [1.82, 2.24) is 0 Å². The van der Waals surface area contributed by atoms with Crippen molar-refractivity contribution >= 4 is 39.9 Å². The lowest BCUT2D eigenvalue weighted by Gasteiger charge is -2.23. The van der Waals surface area contributed by atoms with Crippen LogP contribution in [0, 0.1) is 25.5 Å². The van der Waals surface area contributed by atoms with E-state index in [9.17, 15) is 8.78 Å². The van der Waals surface area contributed by atoms with Crippen LogP contribution in [0.5, 0.6) is 0 Å². The molecule has 0 radical (unpaired) electrons. The van der Waals surface area contributed by atoms with Gasteiger partial charge in [0.25, 0.3) is 0 Å². The molecule has 0 aromatic heterocycles. The van der Waals surface area contributed by atoms with Crippen LogP contribution in [0.1, 0.15) is 73.6 Å². The first-order valence-electron chi connectivity index (χ1n) is 16.4. The average molecular weight is 687 g/mol. The van der Waals surface area contributed by atoms with Crippen molar-refractivity contribution in [2.24, 2.45) is 0 Å². The molecule has 2 spiro atoms. The molecule has 0 saturated heterocycles. The molecule has 2 heterocycles. The van der Waals surface area contributed by atoms with Gasteiger partial charge in [0.1, 0.15) is 11.6 Å². The smallest absolute Gasteiger partial charge is 0.423 e. The zero-order valence-corrected chi connectivity index (χ0v) is 28.2. The SMILES string of the molecule is Brc1ccc2c(c1)C1(CCCC1)CN2.Cc1cc(F)ccc1-c1ccc2c(c1)C1(CCCC1)CN2.Cc1cc(F)ccc1B(O)O. The first kappa shape index (κ1) is 32.7. The van der Waals surface area contributed by atoms with Gasteiger partial charge in [-0.05, 0) is 133 Å². The number of aryl methyl sites for hydroxylation is 2. The van der Waals surface area contributed by atoms with Gasteiger partial charge in [0.2, 0.25) is 0 Å². The Bertz CT molecular complexity index is 1720. The molecule has 4 aromatic rings. The molecule has 2 aliphatic carbocycles. The standard InChI is InChI=1S/C19H20FN.C12H14BrN.C7H8BFO2/c1-13-10-15(20)5-6-16(13)14-4-7-18-17(11-14)19(12-21-18)8-2-3-9-19;13-9-3-4-11-10(7-9)12(8-14-11)5-1-2-6-12;1-5-4-6(9)2-3-7(5)8(10)11/h4-7,10-11,21H,2-3,8-9,12H2,1H3;3-4,7,14H,1-2,5-6,8H2;2-4,10-11H,1H3. The quantitative estimate of drug-likeness (QED) is 0.160. The second-order valence-electron chi connectivity index (χ2n) is 13.5. The van der Waals surface area contributed by atoms with Gasteiger partial charge in [-0.3, -0.25) is 0 Å². The molecule has 0 atom stereocenters. The van der Waals surface area contributed by atoms with E-state index in [0.29, 0.717) is 21.9 Å². The number of rotatable bonds is 2. The summed E-state index contributed by atoms with van der Waals surface area (Å²) in [6.45, 7) is 5.83. The summed E-state index contributed by atoms with van der Waals surface area (Å²) < 4.78 is 27.0. The first-order valence-corrected chi connectivity index (χ1v) is 17.2.